The quantitative estimate of drug-likeness (QED) is 0.156. The van der Waals surface area contributed by atoms with Crippen molar-refractivity contribution < 1.29 is 23.8 Å². The summed E-state index contributed by atoms with van der Waals surface area (Å²) in [6.45, 7) is 1.63. The minimum absolute atomic E-state index is 0.0728. The van der Waals surface area contributed by atoms with Crippen molar-refractivity contribution in [3.8, 4) is 29.6 Å². The number of benzene rings is 3. The molecule has 0 aromatic heterocycles. The summed E-state index contributed by atoms with van der Waals surface area (Å²) in [5.74, 6) is 2.54. The van der Waals surface area contributed by atoms with Gasteiger partial charge in [-0.2, -0.15) is 5.10 Å². The van der Waals surface area contributed by atoms with Crippen molar-refractivity contribution >= 4 is 57.2 Å². The Labute approximate surface area is 251 Å². The molecule has 2 N–H and O–H groups in total. The van der Waals surface area contributed by atoms with E-state index in [-0.39, 0.29) is 18.1 Å². The summed E-state index contributed by atoms with van der Waals surface area (Å²) in [4.78, 5) is 26.1. The lowest BCUT2D eigenvalue weighted by Gasteiger charge is -2.21. The lowest BCUT2D eigenvalue weighted by molar-refractivity contribution is -0.132. The smallest absolute Gasteiger partial charge is 0.262 e. The number of hydrogen-bond acceptors (Lipinski definition) is 6. The zero-order valence-corrected chi connectivity index (χ0v) is 24.7. The van der Waals surface area contributed by atoms with Gasteiger partial charge in [0.2, 0.25) is 0 Å². The molecule has 0 radical (unpaired) electrons. The zero-order chi connectivity index (χ0) is 29.1. The van der Waals surface area contributed by atoms with Crippen molar-refractivity contribution in [1.29, 1.82) is 0 Å². The highest BCUT2D eigenvalue weighted by Crippen LogP contribution is 2.36. The molecule has 0 unspecified atom stereocenters. The molecule has 8 nitrogen and oxygen atoms in total. The van der Waals surface area contributed by atoms with Gasteiger partial charge in [-0.05, 0) is 64.3 Å². The van der Waals surface area contributed by atoms with Crippen LogP contribution in [0.1, 0.15) is 18.1 Å². The number of amides is 2. The Morgan fingerprint density at radius 2 is 1.85 bits per heavy atom. The maximum absolute atomic E-state index is 13.1. The molecule has 0 heterocycles. The molecule has 0 saturated heterocycles. The highest BCUT2D eigenvalue weighted by molar-refractivity contribution is 9.10. The molecule has 11 heteroatoms. The van der Waals surface area contributed by atoms with Crippen molar-refractivity contribution in [2.24, 2.45) is 5.10 Å². The van der Waals surface area contributed by atoms with E-state index in [1.807, 2.05) is 30.3 Å². The number of ether oxygens (including phenoxy) is 3. The standard InChI is InChI=1S/C29H26BrCl2N3O5/c1-4-12-39-27-22(30)13-20(15-26(27)38-3)17-33-35-29(37)24(14-19-8-6-5-7-9-19)34-28(36)18(2)40-25-11-10-21(31)16-23(25)32/h1,5-11,13,15-18,24H,12,14H2,2-3H3,(H,34,36)(H,35,37)/b33-17-/t18-,24+/m1/s1. The van der Waals surface area contributed by atoms with E-state index in [0.29, 0.717) is 32.3 Å². The average Bonchev–Trinajstić information content (AvgIpc) is 2.93. The summed E-state index contributed by atoms with van der Waals surface area (Å²) in [5, 5.41) is 7.51. The molecule has 208 valence electrons. The predicted molar refractivity (Wildman–Crippen MR) is 159 cm³/mol. The topological polar surface area (TPSA) is 98.2 Å². The van der Waals surface area contributed by atoms with Gasteiger partial charge in [0.15, 0.2) is 17.6 Å². The van der Waals surface area contributed by atoms with Gasteiger partial charge in [0.05, 0.1) is 22.8 Å². The van der Waals surface area contributed by atoms with Crippen molar-refractivity contribution in [3.05, 3.63) is 86.3 Å². The number of nitrogens with zero attached hydrogens (tertiary/aromatic N) is 1. The van der Waals surface area contributed by atoms with Crippen LogP contribution in [0.15, 0.2) is 70.2 Å². The molecular formula is C29H26BrCl2N3O5. The van der Waals surface area contributed by atoms with Crippen LogP contribution in [0.5, 0.6) is 17.2 Å². The Hall–Kier alpha value is -3.71. The van der Waals surface area contributed by atoms with Crippen LogP contribution in [0, 0.1) is 12.3 Å². The highest BCUT2D eigenvalue weighted by Gasteiger charge is 2.25. The van der Waals surface area contributed by atoms with Crippen LogP contribution >= 0.6 is 39.1 Å². The van der Waals surface area contributed by atoms with Gasteiger partial charge < -0.3 is 19.5 Å². The van der Waals surface area contributed by atoms with E-state index >= 15 is 0 Å². The van der Waals surface area contributed by atoms with Gasteiger partial charge in [-0.3, -0.25) is 9.59 Å². The zero-order valence-electron chi connectivity index (χ0n) is 21.6. The fraction of sp³-hybridized carbons (Fsp3) is 0.207. The monoisotopic (exact) mass is 645 g/mol. The van der Waals surface area contributed by atoms with E-state index in [4.69, 9.17) is 43.8 Å². The number of rotatable bonds is 12. The largest absolute Gasteiger partial charge is 0.493 e. The highest BCUT2D eigenvalue weighted by atomic mass is 79.9. The molecule has 3 aromatic rings. The van der Waals surface area contributed by atoms with Crippen LogP contribution in [0.25, 0.3) is 0 Å². The van der Waals surface area contributed by atoms with Crippen molar-refractivity contribution in [1.82, 2.24) is 10.7 Å². The van der Waals surface area contributed by atoms with E-state index in [0.717, 1.165) is 5.56 Å². The van der Waals surface area contributed by atoms with Crippen LogP contribution in [-0.4, -0.2) is 43.9 Å². The summed E-state index contributed by atoms with van der Waals surface area (Å²) < 4.78 is 17.2. The third-order valence-electron chi connectivity index (χ3n) is 5.42. The molecule has 0 aliphatic carbocycles. The normalized spacial score (nSPS) is 12.2. The van der Waals surface area contributed by atoms with Crippen LogP contribution < -0.4 is 25.0 Å². The lowest BCUT2D eigenvalue weighted by Crippen LogP contribution is -2.50. The van der Waals surface area contributed by atoms with Gasteiger partial charge in [-0.25, -0.2) is 5.43 Å². The minimum Gasteiger partial charge on any atom is -0.493 e. The summed E-state index contributed by atoms with van der Waals surface area (Å²) in [7, 11) is 1.50. The molecule has 0 fully saturated rings. The first kappa shape index (κ1) is 30.8. The molecule has 40 heavy (non-hydrogen) atoms. The van der Waals surface area contributed by atoms with Gasteiger partial charge >= 0.3 is 0 Å². The van der Waals surface area contributed by atoms with E-state index in [1.54, 1.807) is 31.2 Å². The second-order valence-electron chi connectivity index (χ2n) is 8.35. The minimum atomic E-state index is -0.951. The third-order valence-corrected chi connectivity index (χ3v) is 6.54. The van der Waals surface area contributed by atoms with Crippen LogP contribution in [0.4, 0.5) is 0 Å². The molecule has 0 aliphatic heterocycles. The Morgan fingerprint density at radius 3 is 2.52 bits per heavy atom. The van der Waals surface area contributed by atoms with Crippen LogP contribution in [0.3, 0.4) is 0 Å². The van der Waals surface area contributed by atoms with Gasteiger partial charge in [0, 0.05) is 11.4 Å². The number of terminal acetylenes is 1. The Balaban J connectivity index is 1.72. The van der Waals surface area contributed by atoms with Gasteiger partial charge in [-0.15, -0.1) is 6.42 Å². The second-order valence-corrected chi connectivity index (χ2v) is 10.0. The lowest BCUT2D eigenvalue weighted by atomic mass is 10.1. The maximum atomic E-state index is 13.1. The fourth-order valence-electron chi connectivity index (χ4n) is 3.48. The van der Waals surface area contributed by atoms with Gasteiger partial charge in [-0.1, -0.05) is 59.5 Å². The van der Waals surface area contributed by atoms with Crippen LogP contribution in [0.2, 0.25) is 10.0 Å². The molecule has 3 rings (SSSR count). The van der Waals surface area contributed by atoms with E-state index in [9.17, 15) is 9.59 Å². The Bertz CT molecular complexity index is 1410. The van der Waals surface area contributed by atoms with Crippen molar-refractivity contribution in [3.63, 3.8) is 0 Å². The molecule has 2 amide bonds. The van der Waals surface area contributed by atoms with Crippen LogP contribution in [-0.2, 0) is 16.0 Å². The maximum Gasteiger partial charge on any atom is 0.262 e. The van der Waals surface area contributed by atoms with Crippen molar-refractivity contribution in [2.45, 2.75) is 25.5 Å². The van der Waals surface area contributed by atoms with E-state index in [2.05, 4.69) is 37.7 Å². The number of hydrogen-bond donors (Lipinski definition) is 2. The number of carbonyl (C=O) groups excluding carboxylic acids is 2. The molecule has 0 bridgehead atoms. The first-order chi connectivity index (χ1) is 19.2. The Kier molecular flexibility index (Phi) is 11.7. The fourth-order valence-corrected chi connectivity index (χ4v) is 4.51. The third kappa shape index (κ3) is 8.91. The number of methoxy groups -OCH3 is 1. The molecule has 3 aromatic carbocycles. The number of halogens is 3. The Morgan fingerprint density at radius 1 is 1.10 bits per heavy atom. The molecular weight excluding hydrogens is 621 g/mol. The first-order valence-electron chi connectivity index (χ1n) is 11.9. The molecule has 0 spiro atoms. The summed E-state index contributed by atoms with van der Waals surface area (Å²) in [5.41, 5.74) is 3.95. The number of nitrogens with one attached hydrogen (secondary N) is 2. The SMILES string of the molecule is C#CCOc1c(Br)cc(/C=N\NC(=O)[C@H](Cc2ccccc2)NC(=O)[C@@H](C)Oc2ccc(Cl)cc2Cl)cc1OC. The molecule has 2 atom stereocenters. The van der Waals surface area contributed by atoms with Gasteiger partial charge in [0.25, 0.3) is 11.8 Å². The first-order valence-corrected chi connectivity index (χ1v) is 13.5. The van der Waals surface area contributed by atoms with Gasteiger partial charge in [0.1, 0.15) is 18.4 Å². The predicted octanol–water partition coefficient (Wildman–Crippen LogP) is 5.42. The summed E-state index contributed by atoms with van der Waals surface area (Å²) >= 11 is 15.5. The van der Waals surface area contributed by atoms with E-state index in [1.165, 1.54) is 19.4 Å². The average molecular weight is 647 g/mol. The van der Waals surface area contributed by atoms with Crippen molar-refractivity contribution in [2.75, 3.05) is 13.7 Å². The second kappa shape index (κ2) is 15.2. The summed E-state index contributed by atoms with van der Waals surface area (Å²) in [6.07, 6.45) is 5.98. The number of carbonyl (C=O) groups is 2. The molecule has 0 aliphatic rings. The molecule has 0 saturated carbocycles. The number of hydrazone groups is 1. The summed E-state index contributed by atoms with van der Waals surface area (Å²) in [6, 6.07) is 16.4. The van der Waals surface area contributed by atoms with E-state index < -0.39 is 24.0 Å².